The van der Waals surface area contributed by atoms with E-state index in [9.17, 15) is 0 Å². The van der Waals surface area contributed by atoms with E-state index in [2.05, 4.69) is 22.4 Å². The fourth-order valence-electron chi connectivity index (χ4n) is 2.13. The molecule has 0 aliphatic carbocycles. The Morgan fingerprint density at radius 2 is 2.47 bits per heavy atom. The van der Waals surface area contributed by atoms with Gasteiger partial charge in [-0.1, -0.05) is 6.42 Å². The van der Waals surface area contributed by atoms with Crippen molar-refractivity contribution in [2.45, 2.75) is 25.3 Å². The number of hydrazine groups is 1. The fourth-order valence-corrected chi connectivity index (χ4v) is 2.13. The second-order valence-corrected chi connectivity index (χ2v) is 4.46. The molecular formula is C12H20N4O. The molecule has 5 heteroatoms. The molecule has 1 aliphatic heterocycles. The van der Waals surface area contributed by atoms with Gasteiger partial charge in [0.05, 0.1) is 0 Å². The molecule has 0 bridgehead atoms. The van der Waals surface area contributed by atoms with Crippen molar-refractivity contribution in [3.05, 3.63) is 18.3 Å². The molecule has 1 atom stereocenters. The lowest BCUT2D eigenvalue weighted by atomic mass is 10.0. The van der Waals surface area contributed by atoms with E-state index in [1.54, 1.807) is 6.20 Å². The number of likely N-dealkylation sites (tertiary alicyclic amines) is 1. The number of piperidine rings is 1. The number of aromatic nitrogens is 1. The molecule has 0 saturated carbocycles. The first-order valence-electron chi connectivity index (χ1n) is 6.05. The van der Waals surface area contributed by atoms with Gasteiger partial charge in [0, 0.05) is 18.3 Å². The largest absolute Gasteiger partial charge is 0.492 e. The fraction of sp³-hybridized carbons (Fsp3) is 0.583. The third-order valence-corrected chi connectivity index (χ3v) is 3.24. The molecule has 0 amide bonds. The van der Waals surface area contributed by atoms with Crippen LogP contribution in [0.25, 0.3) is 0 Å². The maximum atomic E-state index is 5.78. The summed E-state index contributed by atoms with van der Waals surface area (Å²) in [5, 5.41) is 0. The van der Waals surface area contributed by atoms with E-state index in [1.807, 2.05) is 12.1 Å². The summed E-state index contributed by atoms with van der Waals surface area (Å²) in [6.45, 7) is 1.89. The van der Waals surface area contributed by atoms with Crippen LogP contribution in [0.3, 0.4) is 0 Å². The smallest absolute Gasteiger partial charge is 0.143 e. The van der Waals surface area contributed by atoms with Crippen LogP contribution in [0.5, 0.6) is 5.75 Å². The molecule has 2 rings (SSSR count). The van der Waals surface area contributed by atoms with E-state index in [4.69, 9.17) is 10.6 Å². The summed E-state index contributed by atoms with van der Waals surface area (Å²) in [6, 6.07) is 4.18. The summed E-state index contributed by atoms with van der Waals surface area (Å²) in [5.74, 6) is 6.74. The van der Waals surface area contributed by atoms with Crippen molar-refractivity contribution < 1.29 is 4.74 Å². The summed E-state index contributed by atoms with van der Waals surface area (Å²) >= 11 is 0. The highest BCUT2D eigenvalue weighted by atomic mass is 16.5. The van der Waals surface area contributed by atoms with E-state index < -0.39 is 0 Å². The zero-order valence-electron chi connectivity index (χ0n) is 10.2. The molecule has 0 radical (unpaired) electrons. The average Bonchev–Trinajstić information content (AvgIpc) is 2.38. The zero-order chi connectivity index (χ0) is 12.1. The van der Waals surface area contributed by atoms with E-state index in [0.29, 0.717) is 11.9 Å². The highest BCUT2D eigenvalue weighted by molar-refractivity contribution is 5.39. The molecule has 17 heavy (non-hydrogen) atoms. The third kappa shape index (κ3) is 3.31. The van der Waals surface area contributed by atoms with Crippen LogP contribution in [0, 0.1) is 0 Å². The first-order valence-corrected chi connectivity index (χ1v) is 6.05. The van der Waals surface area contributed by atoms with Crippen molar-refractivity contribution in [2.24, 2.45) is 5.84 Å². The van der Waals surface area contributed by atoms with Gasteiger partial charge >= 0.3 is 0 Å². The molecule has 1 fully saturated rings. The lowest BCUT2D eigenvalue weighted by Crippen LogP contribution is -2.40. The van der Waals surface area contributed by atoms with E-state index in [-0.39, 0.29) is 0 Å². The normalized spacial score (nSPS) is 21.2. The van der Waals surface area contributed by atoms with Gasteiger partial charge in [-0.15, -0.1) is 0 Å². The number of pyridine rings is 1. The SMILES string of the molecule is CN1CCCCC1COc1ccnc(NN)c1. The van der Waals surface area contributed by atoms with Gasteiger partial charge in [-0.3, -0.25) is 0 Å². The predicted molar refractivity (Wildman–Crippen MR) is 67.8 cm³/mol. The first kappa shape index (κ1) is 12.1. The van der Waals surface area contributed by atoms with Gasteiger partial charge in [0.15, 0.2) is 0 Å². The predicted octanol–water partition coefficient (Wildman–Crippen LogP) is 1.23. The highest BCUT2D eigenvalue weighted by Crippen LogP contribution is 2.18. The van der Waals surface area contributed by atoms with Crippen LogP contribution >= 0.6 is 0 Å². The topological polar surface area (TPSA) is 63.4 Å². The summed E-state index contributed by atoms with van der Waals surface area (Å²) in [4.78, 5) is 6.41. The number of nitrogens with two attached hydrogens (primary N) is 1. The average molecular weight is 236 g/mol. The molecule has 5 nitrogen and oxygen atoms in total. The zero-order valence-corrected chi connectivity index (χ0v) is 10.2. The van der Waals surface area contributed by atoms with Crippen LogP contribution in [-0.2, 0) is 0 Å². The Kier molecular flexibility index (Phi) is 4.17. The first-order chi connectivity index (χ1) is 8.29. The van der Waals surface area contributed by atoms with Crippen molar-refractivity contribution in [3.8, 4) is 5.75 Å². The van der Waals surface area contributed by atoms with Gasteiger partial charge in [-0.25, -0.2) is 10.8 Å². The summed E-state index contributed by atoms with van der Waals surface area (Å²) < 4.78 is 5.78. The molecule has 94 valence electrons. The van der Waals surface area contributed by atoms with E-state index in [1.165, 1.54) is 25.8 Å². The van der Waals surface area contributed by atoms with Gasteiger partial charge in [0.2, 0.25) is 0 Å². The minimum absolute atomic E-state index is 0.520. The summed E-state index contributed by atoms with van der Waals surface area (Å²) in [6.07, 6.45) is 5.49. The van der Waals surface area contributed by atoms with Gasteiger partial charge in [-0.05, 0) is 32.5 Å². The Morgan fingerprint density at radius 3 is 3.24 bits per heavy atom. The van der Waals surface area contributed by atoms with Crippen LogP contribution < -0.4 is 16.0 Å². The van der Waals surface area contributed by atoms with Crippen LogP contribution in [0.2, 0.25) is 0 Å². The van der Waals surface area contributed by atoms with Gasteiger partial charge in [0.25, 0.3) is 0 Å². The molecule has 1 saturated heterocycles. The number of hydrogen-bond acceptors (Lipinski definition) is 5. The number of likely N-dealkylation sites (N-methyl/N-ethyl adjacent to an activating group) is 1. The molecule has 1 aliphatic rings. The van der Waals surface area contributed by atoms with Crippen molar-refractivity contribution in [1.82, 2.24) is 9.88 Å². The Labute approximate surface area is 102 Å². The monoisotopic (exact) mass is 236 g/mol. The number of hydrogen-bond donors (Lipinski definition) is 2. The highest BCUT2D eigenvalue weighted by Gasteiger charge is 2.19. The van der Waals surface area contributed by atoms with Gasteiger partial charge in [0.1, 0.15) is 18.2 Å². The molecular weight excluding hydrogens is 216 g/mol. The van der Waals surface area contributed by atoms with E-state index >= 15 is 0 Å². The quantitative estimate of drug-likeness (QED) is 0.608. The Morgan fingerprint density at radius 1 is 1.59 bits per heavy atom. The third-order valence-electron chi connectivity index (χ3n) is 3.24. The van der Waals surface area contributed by atoms with Crippen LogP contribution in [0.15, 0.2) is 18.3 Å². The van der Waals surface area contributed by atoms with Crippen LogP contribution in [0.4, 0.5) is 5.82 Å². The lowest BCUT2D eigenvalue weighted by molar-refractivity contribution is 0.125. The van der Waals surface area contributed by atoms with Crippen molar-refractivity contribution >= 4 is 5.82 Å². The van der Waals surface area contributed by atoms with Crippen molar-refractivity contribution in [1.29, 1.82) is 0 Å². The molecule has 3 N–H and O–H groups in total. The minimum Gasteiger partial charge on any atom is -0.492 e. The van der Waals surface area contributed by atoms with Crippen molar-refractivity contribution in [3.63, 3.8) is 0 Å². The summed E-state index contributed by atoms with van der Waals surface area (Å²) in [7, 11) is 2.16. The Bertz CT molecular complexity index is 358. The number of rotatable bonds is 4. The number of nitrogens with one attached hydrogen (secondary N) is 1. The molecule has 1 aromatic rings. The number of ether oxygens (including phenoxy) is 1. The van der Waals surface area contributed by atoms with E-state index in [0.717, 1.165) is 12.4 Å². The lowest BCUT2D eigenvalue weighted by Gasteiger charge is -2.32. The number of nitrogen functional groups attached to an aromatic ring is 1. The van der Waals surface area contributed by atoms with Gasteiger partial charge < -0.3 is 15.1 Å². The molecule has 2 heterocycles. The molecule has 1 unspecified atom stereocenters. The van der Waals surface area contributed by atoms with Gasteiger partial charge in [-0.2, -0.15) is 0 Å². The minimum atomic E-state index is 0.520. The maximum Gasteiger partial charge on any atom is 0.143 e. The van der Waals surface area contributed by atoms with Crippen molar-refractivity contribution in [2.75, 3.05) is 25.6 Å². The number of anilines is 1. The standard InChI is InChI=1S/C12H20N4O/c1-16-7-3-2-4-10(16)9-17-11-5-6-14-12(8-11)15-13/h5-6,8,10H,2-4,7,9,13H2,1H3,(H,14,15). The Hall–Kier alpha value is -1.33. The number of nitrogens with zero attached hydrogens (tertiary/aromatic N) is 2. The second-order valence-electron chi connectivity index (χ2n) is 4.46. The van der Waals surface area contributed by atoms with Crippen LogP contribution in [0.1, 0.15) is 19.3 Å². The summed E-state index contributed by atoms with van der Waals surface area (Å²) in [5.41, 5.74) is 2.51. The molecule has 0 spiro atoms. The second kappa shape index (κ2) is 5.84. The van der Waals surface area contributed by atoms with Crippen LogP contribution in [-0.4, -0.2) is 36.1 Å². The maximum absolute atomic E-state index is 5.78. The Balaban J connectivity index is 1.88. The molecule has 1 aromatic heterocycles. The molecule has 0 aromatic carbocycles.